The van der Waals surface area contributed by atoms with Gasteiger partial charge in [0.05, 0.1) is 6.61 Å². The number of oxazole rings is 1. The third-order valence-corrected chi connectivity index (χ3v) is 4.06. The normalized spacial score (nSPS) is 15.6. The van der Waals surface area contributed by atoms with Gasteiger partial charge in [0.15, 0.2) is 5.58 Å². The van der Waals surface area contributed by atoms with Crippen LogP contribution in [0.25, 0.3) is 17.2 Å². The van der Waals surface area contributed by atoms with Crippen LogP contribution in [0.15, 0.2) is 34.8 Å². The van der Waals surface area contributed by atoms with Crippen molar-refractivity contribution in [2.24, 2.45) is 0 Å². The molecule has 1 aromatic heterocycles. The van der Waals surface area contributed by atoms with E-state index in [9.17, 15) is 9.59 Å². The van der Waals surface area contributed by atoms with Gasteiger partial charge in [-0.2, -0.15) is 0 Å². The maximum absolute atomic E-state index is 12.0. The Morgan fingerprint density at radius 2 is 2.12 bits per heavy atom. The summed E-state index contributed by atoms with van der Waals surface area (Å²) in [7, 11) is 0. The molecule has 3 rings (SSSR count). The van der Waals surface area contributed by atoms with Crippen LogP contribution in [0.1, 0.15) is 25.7 Å². The average molecular weight is 343 g/mol. The summed E-state index contributed by atoms with van der Waals surface area (Å²) in [6, 6.07) is 7.49. The molecule has 132 valence electrons. The SMILES string of the molecule is CCOC(=O)N1CCC(NC(=O)/C=C/c2nc3ccccc3o2)CC1. The summed E-state index contributed by atoms with van der Waals surface area (Å²) in [5, 5.41) is 2.94. The summed E-state index contributed by atoms with van der Waals surface area (Å²) in [5.41, 5.74) is 1.45. The van der Waals surface area contributed by atoms with E-state index in [1.54, 1.807) is 17.9 Å². The molecule has 1 aromatic carbocycles. The molecule has 1 N–H and O–H groups in total. The van der Waals surface area contributed by atoms with Crippen molar-refractivity contribution in [2.75, 3.05) is 19.7 Å². The lowest BCUT2D eigenvalue weighted by Gasteiger charge is -2.31. The van der Waals surface area contributed by atoms with E-state index in [1.807, 2.05) is 24.3 Å². The van der Waals surface area contributed by atoms with Gasteiger partial charge in [0.25, 0.3) is 0 Å². The maximum Gasteiger partial charge on any atom is 0.409 e. The molecule has 2 amide bonds. The molecule has 1 saturated heterocycles. The van der Waals surface area contributed by atoms with Crippen LogP contribution < -0.4 is 5.32 Å². The molecule has 25 heavy (non-hydrogen) atoms. The molecular weight excluding hydrogens is 322 g/mol. The first-order valence-corrected chi connectivity index (χ1v) is 8.41. The predicted molar refractivity (Wildman–Crippen MR) is 92.8 cm³/mol. The number of amides is 2. The topological polar surface area (TPSA) is 84.7 Å². The van der Waals surface area contributed by atoms with E-state index in [-0.39, 0.29) is 18.0 Å². The number of fused-ring (bicyclic) bond motifs is 1. The molecule has 0 bridgehead atoms. The van der Waals surface area contributed by atoms with E-state index in [0.29, 0.717) is 44.0 Å². The Labute approximate surface area is 145 Å². The number of benzene rings is 1. The molecule has 2 aromatic rings. The zero-order valence-corrected chi connectivity index (χ0v) is 14.1. The summed E-state index contributed by atoms with van der Waals surface area (Å²) < 4.78 is 10.5. The number of hydrogen-bond acceptors (Lipinski definition) is 5. The third kappa shape index (κ3) is 4.37. The molecule has 0 aliphatic carbocycles. The lowest BCUT2D eigenvalue weighted by atomic mass is 10.1. The number of rotatable bonds is 4. The zero-order chi connectivity index (χ0) is 17.6. The van der Waals surface area contributed by atoms with Gasteiger partial charge in [-0.25, -0.2) is 9.78 Å². The maximum atomic E-state index is 12.0. The Hall–Kier alpha value is -2.83. The highest BCUT2D eigenvalue weighted by Crippen LogP contribution is 2.15. The lowest BCUT2D eigenvalue weighted by Crippen LogP contribution is -2.46. The van der Waals surface area contributed by atoms with Crippen LogP contribution >= 0.6 is 0 Å². The van der Waals surface area contributed by atoms with Crippen molar-refractivity contribution in [2.45, 2.75) is 25.8 Å². The minimum absolute atomic E-state index is 0.0476. The van der Waals surface area contributed by atoms with E-state index in [4.69, 9.17) is 9.15 Å². The summed E-state index contributed by atoms with van der Waals surface area (Å²) in [5.74, 6) is 0.199. The van der Waals surface area contributed by atoms with Gasteiger partial charge in [0.1, 0.15) is 5.52 Å². The fourth-order valence-corrected chi connectivity index (χ4v) is 2.78. The molecule has 0 unspecified atom stereocenters. The number of carbonyl (C=O) groups excluding carboxylic acids is 2. The average Bonchev–Trinajstić information content (AvgIpc) is 3.04. The van der Waals surface area contributed by atoms with Crippen molar-refractivity contribution in [3.8, 4) is 0 Å². The third-order valence-electron chi connectivity index (χ3n) is 4.06. The van der Waals surface area contributed by atoms with Crippen LogP contribution in [0.3, 0.4) is 0 Å². The first kappa shape index (κ1) is 17.0. The van der Waals surface area contributed by atoms with E-state index in [2.05, 4.69) is 10.3 Å². The minimum atomic E-state index is -0.289. The summed E-state index contributed by atoms with van der Waals surface area (Å²) >= 11 is 0. The number of nitrogens with zero attached hydrogens (tertiary/aromatic N) is 2. The van der Waals surface area contributed by atoms with Gasteiger partial charge in [-0.3, -0.25) is 4.79 Å². The van der Waals surface area contributed by atoms with E-state index in [1.165, 1.54) is 6.08 Å². The van der Waals surface area contributed by atoms with Crippen LogP contribution in [0, 0.1) is 0 Å². The number of ether oxygens (including phenoxy) is 1. The van der Waals surface area contributed by atoms with Gasteiger partial charge >= 0.3 is 6.09 Å². The van der Waals surface area contributed by atoms with E-state index >= 15 is 0 Å². The van der Waals surface area contributed by atoms with Crippen LogP contribution in [0.2, 0.25) is 0 Å². The first-order valence-electron chi connectivity index (χ1n) is 8.41. The fraction of sp³-hybridized carbons (Fsp3) is 0.389. The molecule has 0 spiro atoms. The number of nitrogens with one attached hydrogen (secondary N) is 1. The van der Waals surface area contributed by atoms with Crippen LogP contribution in [-0.2, 0) is 9.53 Å². The number of aromatic nitrogens is 1. The largest absolute Gasteiger partial charge is 0.450 e. The fourth-order valence-electron chi connectivity index (χ4n) is 2.78. The highest BCUT2D eigenvalue weighted by atomic mass is 16.6. The molecule has 7 heteroatoms. The molecule has 1 aliphatic heterocycles. The first-order chi connectivity index (χ1) is 12.2. The Morgan fingerprint density at radius 3 is 2.84 bits per heavy atom. The monoisotopic (exact) mass is 343 g/mol. The number of para-hydroxylation sites is 2. The Kier molecular flexibility index (Phi) is 5.33. The Bertz CT molecular complexity index is 742. The standard InChI is InChI=1S/C18H21N3O4/c1-2-24-18(23)21-11-9-13(10-12-21)19-16(22)7-8-17-20-14-5-3-4-6-15(14)25-17/h3-8,13H,2,9-12H2,1H3,(H,19,22)/b8-7+. The van der Waals surface area contributed by atoms with Crippen LogP contribution in [0.5, 0.6) is 0 Å². The Balaban J connectivity index is 1.49. The zero-order valence-electron chi connectivity index (χ0n) is 14.1. The van der Waals surface area contributed by atoms with Gasteiger partial charge < -0.3 is 19.4 Å². The number of hydrogen-bond donors (Lipinski definition) is 1. The van der Waals surface area contributed by atoms with Crippen molar-refractivity contribution in [3.63, 3.8) is 0 Å². The highest BCUT2D eigenvalue weighted by molar-refractivity contribution is 5.91. The minimum Gasteiger partial charge on any atom is -0.450 e. The van der Waals surface area contributed by atoms with Crippen molar-refractivity contribution in [3.05, 3.63) is 36.2 Å². The van der Waals surface area contributed by atoms with Crippen molar-refractivity contribution in [1.82, 2.24) is 15.2 Å². The van der Waals surface area contributed by atoms with E-state index < -0.39 is 0 Å². The van der Waals surface area contributed by atoms with E-state index in [0.717, 1.165) is 5.52 Å². The van der Waals surface area contributed by atoms with Gasteiger partial charge in [0, 0.05) is 31.3 Å². The van der Waals surface area contributed by atoms with Crippen molar-refractivity contribution in [1.29, 1.82) is 0 Å². The number of piperidine rings is 1. The second-order valence-corrected chi connectivity index (χ2v) is 5.82. The lowest BCUT2D eigenvalue weighted by molar-refractivity contribution is -0.117. The molecular formula is C18H21N3O4. The van der Waals surface area contributed by atoms with Crippen LogP contribution in [0.4, 0.5) is 4.79 Å². The molecule has 0 atom stereocenters. The molecule has 0 saturated carbocycles. The molecule has 0 radical (unpaired) electrons. The molecule has 1 aliphatic rings. The second kappa shape index (κ2) is 7.83. The van der Waals surface area contributed by atoms with Gasteiger partial charge in [-0.15, -0.1) is 0 Å². The summed E-state index contributed by atoms with van der Waals surface area (Å²) in [6.07, 6.45) is 4.11. The van der Waals surface area contributed by atoms with Crippen LogP contribution in [-0.4, -0.2) is 47.6 Å². The molecule has 1 fully saturated rings. The quantitative estimate of drug-likeness (QED) is 0.863. The summed E-state index contributed by atoms with van der Waals surface area (Å²) in [6.45, 7) is 3.32. The van der Waals surface area contributed by atoms with Crippen molar-refractivity contribution >= 4 is 29.2 Å². The highest BCUT2D eigenvalue weighted by Gasteiger charge is 2.24. The van der Waals surface area contributed by atoms with Gasteiger partial charge in [-0.1, -0.05) is 12.1 Å². The molecule has 7 nitrogen and oxygen atoms in total. The van der Waals surface area contributed by atoms with Crippen molar-refractivity contribution < 1.29 is 18.7 Å². The number of likely N-dealkylation sites (tertiary alicyclic amines) is 1. The van der Waals surface area contributed by atoms with Gasteiger partial charge in [-0.05, 0) is 31.9 Å². The number of carbonyl (C=O) groups is 2. The molecule has 2 heterocycles. The smallest absolute Gasteiger partial charge is 0.409 e. The summed E-state index contributed by atoms with van der Waals surface area (Å²) in [4.78, 5) is 29.6. The van der Waals surface area contributed by atoms with Gasteiger partial charge in [0.2, 0.25) is 11.8 Å². The second-order valence-electron chi connectivity index (χ2n) is 5.82. The Morgan fingerprint density at radius 1 is 1.36 bits per heavy atom. The predicted octanol–water partition coefficient (Wildman–Crippen LogP) is 2.58.